The molecule has 1 atom stereocenters. The van der Waals surface area contributed by atoms with Gasteiger partial charge in [0.25, 0.3) is 0 Å². The van der Waals surface area contributed by atoms with Crippen molar-refractivity contribution in [1.82, 2.24) is 20.4 Å². The molecule has 0 bridgehead atoms. The molecule has 1 amide bonds. The Balaban J connectivity index is 2.01. The Morgan fingerprint density at radius 2 is 2.20 bits per heavy atom. The molecule has 2 N–H and O–H groups in total. The summed E-state index contributed by atoms with van der Waals surface area (Å²) >= 11 is 0. The maximum Gasteiger partial charge on any atom is 0.410 e. The van der Waals surface area contributed by atoms with Crippen molar-refractivity contribution < 1.29 is 9.53 Å². The van der Waals surface area contributed by atoms with Crippen molar-refractivity contribution in [2.75, 3.05) is 40.5 Å². The van der Waals surface area contributed by atoms with E-state index < -0.39 is 0 Å². The van der Waals surface area contributed by atoms with Crippen LogP contribution in [0.2, 0.25) is 0 Å². The summed E-state index contributed by atoms with van der Waals surface area (Å²) in [5.41, 5.74) is 2.41. The smallest absolute Gasteiger partial charge is 0.410 e. The van der Waals surface area contributed by atoms with E-state index in [9.17, 15) is 4.79 Å². The average molecular weight is 282 g/mol. The molecule has 0 aromatic carbocycles. The first-order valence-electron chi connectivity index (χ1n) is 7.29. The standard InChI is InChI=1S/C14H26N4O2/c1-10(2)13-12-11(15-9-16-12)5-6-18(13)14(19)20-8-7-17(3)4/h10,13,15-16H,5-9H2,1-4H3. The van der Waals surface area contributed by atoms with Gasteiger partial charge in [0.05, 0.1) is 18.4 Å². The maximum absolute atomic E-state index is 12.3. The molecule has 0 aromatic heterocycles. The Hall–Kier alpha value is -1.43. The summed E-state index contributed by atoms with van der Waals surface area (Å²) in [4.78, 5) is 16.2. The zero-order valence-corrected chi connectivity index (χ0v) is 12.9. The molecule has 6 heteroatoms. The number of nitrogens with zero attached hydrogens (tertiary/aromatic N) is 2. The van der Waals surface area contributed by atoms with Gasteiger partial charge in [-0.2, -0.15) is 0 Å². The van der Waals surface area contributed by atoms with Crippen molar-refractivity contribution in [1.29, 1.82) is 0 Å². The third-order valence-corrected chi connectivity index (χ3v) is 3.77. The highest BCUT2D eigenvalue weighted by Gasteiger charge is 2.37. The second kappa shape index (κ2) is 6.35. The van der Waals surface area contributed by atoms with Crippen LogP contribution in [0.1, 0.15) is 20.3 Å². The number of ether oxygens (including phenoxy) is 1. The van der Waals surface area contributed by atoms with Crippen LogP contribution in [0.25, 0.3) is 0 Å². The van der Waals surface area contributed by atoms with E-state index in [-0.39, 0.29) is 12.1 Å². The Morgan fingerprint density at radius 3 is 2.85 bits per heavy atom. The van der Waals surface area contributed by atoms with E-state index in [1.54, 1.807) is 0 Å². The highest BCUT2D eigenvalue weighted by molar-refractivity contribution is 5.69. The number of amides is 1. The van der Waals surface area contributed by atoms with Gasteiger partial charge in [0, 0.05) is 25.2 Å². The monoisotopic (exact) mass is 282 g/mol. The van der Waals surface area contributed by atoms with E-state index in [2.05, 4.69) is 24.5 Å². The molecule has 114 valence electrons. The summed E-state index contributed by atoms with van der Waals surface area (Å²) in [6.45, 7) is 6.94. The molecule has 0 aromatic rings. The molecule has 0 radical (unpaired) electrons. The number of carbonyl (C=O) groups excluding carboxylic acids is 1. The van der Waals surface area contributed by atoms with Crippen LogP contribution >= 0.6 is 0 Å². The zero-order chi connectivity index (χ0) is 14.7. The number of rotatable bonds is 4. The summed E-state index contributed by atoms with van der Waals surface area (Å²) in [6, 6.07) is 0.0839. The van der Waals surface area contributed by atoms with Crippen LogP contribution in [0.5, 0.6) is 0 Å². The molecule has 6 nitrogen and oxygen atoms in total. The first-order valence-corrected chi connectivity index (χ1v) is 7.29. The van der Waals surface area contributed by atoms with E-state index in [1.165, 1.54) is 5.70 Å². The number of hydrogen-bond donors (Lipinski definition) is 2. The largest absolute Gasteiger partial charge is 0.448 e. The second-order valence-corrected chi connectivity index (χ2v) is 5.97. The minimum absolute atomic E-state index is 0.0839. The summed E-state index contributed by atoms with van der Waals surface area (Å²) in [7, 11) is 3.94. The maximum atomic E-state index is 12.3. The third-order valence-electron chi connectivity index (χ3n) is 3.77. The normalized spacial score (nSPS) is 21.9. The Labute approximate surface area is 121 Å². The molecule has 2 rings (SSSR count). The van der Waals surface area contributed by atoms with E-state index >= 15 is 0 Å². The minimum atomic E-state index is -0.203. The molecule has 1 unspecified atom stereocenters. The van der Waals surface area contributed by atoms with Gasteiger partial charge in [-0.15, -0.1) is 0 Å². The van der Waals surface area contributed by atoms with Crippen molar-refractivity contribution in [3.63, 3.8) is 0 Å². The van der Waals surface area contributed by atoms with Gasteiger partial charge >= 0.3 is 6.09 Å². The number of nitrogens with one attached hydrogen (secondary N) is 2. The molecule has 0 saturated heterocycles. The molecular weight excluding hydrogens is 256 g/mol. The highest BCUT2D eigenvalue weighted by atomic mass is 16.6. The lowest BCUT2D eigenvalue weighted by molar-refractivity contribution is 0.0746. The fourth-order valence-corrected chi connectivity index (χ4v) is 2.78. The molecular formula is C14H26N4O2. The number of hydrogen-bond acceptors (Lipinski definition) is 5. The molecule has 2 heterocycles. The van der Waals surface area contributed by atoms with Crippen LogP contribution in [0.15, 0.2) is 11.4 Å². The Kier molecular flexibility index (Phi) is 4.75. The zero-order valence-electron chi connectivity index (χ0n) is 12.9. The molecule has 0 aliphatic carbocycles. The summed E-state index contributed by atoms with van der Waals surface area (Å²) in [5.74, 6) is 0.356. The first-order chi connectivity index (χ1) is 9.50. The van der Waals surface area contributed by atoms with Gasteiger partial charge in [-0.05, 0) is 20.0 Å². The molecule has 20 heavy (non-hydrogen) atoms. The predicted molar refractivity (Wildman–Crippen MR) is 78.0 cm³/mol. The van der Waals surface area contributed by atoms with Crippen molar-refractivity contribution in [3.8, 4) is 0 Å². The number of likely N-dealkylation sites (N-methyl/N-ethyl adjacent to an activating group) is 1. The van der Waals surface area contributed by atoms with Crippen LogP contribution in [0, 0.1) is 5.92 Å². The fraction of sp³-hybridized carbons (Fsp3) is 0.786. The number of carbonyl (C=O) groups is 1. The minimum Gasteiger partial charge on any atom is -0.448 e. The van der Waals surface area contributed by atoms with Gasteiger partial charge in [0.1, 0.15) is 6.61 Å². The van der Waals surface area contributed by atoms with E-state index in [4.69, 9.17) is 4.74 Å². The van der Waals surface area contributed by atoms with Crippen LogP contribution in [0.3, 0.4) is 0 Å². The lowest BCUT2D eigenvalue weighted by Crippen LogP contribution is -2.50. The quantitative estimate of drug-likeness (QED) is 0.798. The van der Waals surface area contributed by atoms with Crippen LogP contribution in [-0.2, 0) is 4.74 Å². The van der Waals surface area contributed by atoms with Gasteiger partial charge in [0.15, 0.2) is 0 Å². The van der Waals surface area contributed by atoms with Gasteiger partial charge in [-0.25, -0.2) is 4.79 Å². The van der Waals surface area contributed by atoms with E-state index in [1.807, 2.05) is 23.9 Å². The highest BCUT2D eigenvalue weighted by Crippen LogP contribution is 2.28. The van der Waals surface area contributed by atoms with E-state index in [0.29, 0.717) is 12.5 Å². The molecule has 0 saturated carbocycles. The van der Waals surface area contributed by atoms with Crippen LogP contribution < -0.4 is 10.6 Å². The van der Waals surface area contributed by atoms with Crippen LogP contribution in [-0.4, -0.2) is 62.4 Å². The van der Waals surface area contributed by atoms with E-state index in [0.717, 1.165) is 31.9 Å². The Bertz CT molecular complexity index is 393. The summed E-state index contributed by atoms with van der Waals surface area (Å²) in [5, 5.41) is 6.70. The molecule has 2 aliphatic rings. The lowest BCUT2D eigenvalue weighted by Gasteiger charge is -2.38. The SMILES string of the molecule is CC(C)C1C2=C(CCN1C(=O)OCCN(C)C)NCN2. The third kappa shape index (κ3) is 3.17. The average Bonchev–Trinajstić information content (AvgIpc) is 2.84. The lowest BCUT2D eigenvalue weighted by atomic mass is 9.94. The summed E-state index contributed by atoms with van der Waals surface area (Å²) < 4.78 is 5.40. The van der Waals surface area contributed by atoms with Gasteiger partial charge in [0.2, 0.25) is 0 Å². The molecule has 2 aliphatic heterocycles. The second-order valence-electron chi connectivity index (χ2n) is 5.97. The molecule has 0 spiro atoms. The first kappa shape index (κ1) is 15.0. The Morgan fingerprint density at radius 1 is 1.45 bits per heavy atom. The van der Waals surface area contributed by atoms with Gasteiger partial charge in [-0.3, -0.25) is 4.90 Å². The van der Waals surface area contributed by atoms with Gasteiger partial charge < -0.3 is 20.3 Å². The summed E-state index contributed by atoms with van der Waals surface area (Å²) in [6.07, 6.45) is 0.666. The fourth-order valence-electron chi connectivity index (χ4n) is 2.78. The van der Waals surface area contributed by atoms with Crippen LogP contribution in [0.4, 0.5) is 4.79 Å². The van der Waals surface area contributed by atoms with Crippen molar-refractivity contribution in [2.45, 2.75) is 26.3 Å². The topological polar surface area (TPSA) is 56.8 Å². The molecule has 0 fully saturated rings. The van der Waals surface area contributed by atoms with Crippen molar-refractivity contribution in [2.24, 2.45) is 5.92 Å². The van der Waals surface area contributed by atoms with Crippen molar-refractivity contribution in [3.05, 3.63) is 11.4 Å². The van der Waals surface area contributed by atoms with Crippen molar-refractivity contribution >= 4 is 6.09 Å². The predicted octanol–water partition coefficient (Wildman–Crippen LogP) is 0.777. The van der Waals surface area contributed by atoms with Gasteiger partial charge in [-0.1, -0.05) is 13.8 Å².